The molecule has 3 nitrogen and oxygen atoms in total. The van der Waals surface area contributed by atoms with Crippen molar-refractivity contribution in [2.45, 2.75) is 6.92 Å². The summed E-state index contributed by atoms with van der Waals surface area (Å²) in [6.45, 7) is 1.77. The van der Waals surface area contributed by atoms with E-state index in [0.29, 0.717) is 16.8 Å². The summed E-state index contributed by atoms with van der Waals surface area (Å²) in [5.74, 6) is -0.0636. The van der Waals surface area contributed by atoms with Crippen molar-refractivity contribution in [1.29, 1.82) is 5.26 Å². The molecule has 72 valence electrons. The lowest BCUT2D eigenvalue weighted by atomic mass is 10.0. The van der Waals surface area contributed by atoms with E-state index in [1.807, 2.05) is 6.07 Å². The number of anilines is 1. The number of halogens is 1. The van der Waals surface area contributed by atoms with E-state index < -0.39 is 0 Å². The van der Waals surface area contributed by atoms with Gasteiger partial charge in [0.2, 0.25) is 0 Å². The Kier molecular flexibility index (Phi) is 3.26. The van der Waals surface area contributed by atoms with Gasteiger partial charge < -0.3 is 5.73 Å². The van der Waals surface area contributed by atoms with Crippen LogP contribution in [0.1, 0.15) is 21.5 Å². The zero-order valence-corrected chi connectivity index (χ0v) is 9.26. The Balaban J connectivity index is 3.36. The number of hydrogen-bond donors (Lipinski definition) is 1. The second-order valence-corrected chi connectivity index (χ2v) is 3.47. The normalized spacial score (nSPS) is 9.50. The lowest BCUT2D eigenvalue weighted by molar-refractivity contribution is 0.102. The Bertz CT molecular complexity index is 421. The number of nitrogens with zero attached hydrogens (tertiary/aromatic N) is 1. The number of carbonyl (C=O) groups excluding carboxylic acids is 1. The van der Waals surface area contributed by atoms with E-state index in [1.54, 1.807) is 19.1 Å². The minimum absolute atomic E-state index is 0.0636. The van der Waals surface area contributed by atoms with Gasteiger partial charge in [-0.3, -0.25) is 4.79 Å². The van der Waals surface area contributed by atoms with Crippen molar-refractivity contribution in [1.82, 2.24) is 0 Å². The topological polar surface area (TPSA) is 66.9 Å². The standard InChI is InChI=1S/C10H9BrN2O/c1-6-8(10(14)4-11)2-7(5-12)3-9(6)13/h2-3H,4,13H2,1H3. The first-order valence-electron chi connectivity index (χ1n) is 3.99. The summed E-state index contributed by atoms with van der Waals surface area (Å²) in [7, 11) is 0. The number of ketones is 1. The molecule has 1 aromatic rings. The van der Waals surface area contributed by atoms with Crippen LogP contribution in [0.2, 0.25) is 0 Å². The lowest BCUT2D eigenvalue weighted by Crippen LogP contribution is -2.05. The summed E-state index contributed by atoms with van der Waals surface area (Å²) in [6, 6.07) is 5.10. The van der Waals surface area contributed by atoms with Crippen molar-refractivity contribution in [3.8, 4) is 6.07 Å². The molecule has 0 atom stereocenters. The van der Waals surface area contributed by atoms with E-state index >= 15 is 0 Å². The number of nitrogen functional groups attached to an aromatic ring is 1. The Morgan fingerprint density at radius 1 is 1.64 bits per heavy atom. The third kappa shape index (κ3) is 1.94. The van der Waals surface area contributed by atoms with Crippen LogP contribution in [0.4, 0.5) is 5.69 Å². The third-order valence-corrected chi connectivity index (χ3v) is 2.51. The largest absolute Gasteiger partial charge is 0.398 e. The van der Waals surface area contributed by atoms with Gasteiger partial charge in [0, 0.05) is 11.3 Å². The highest BCUT2D eigenvalue weighted by atomic mass is 79.9. The Hall–Kier alpha value is -1.34. The minimum atomic E-state index is -0.0636. The second kappa shape index (κ2) is 4.25. The lowest BCUT2D eigenvalue weighted by Gasteiger charge is -2.06. The molecular formula is C10H9BrN2O. The van der Waals surface area contributed by atoms with E-state index in [2.05, 4.69) is 15.9 Å². The molecule has 0 spiro atoms. The van der Waals surface area contributed by atoms with Crippen LogP contribution in [0.15, 0.2) is 12.1 Å². The van der Waals surface area contributed by atoms with Gasteiger partial charge >= 0.3 is 0 Å². The summed E-state index contributed by atoms with van der Waals surface area (Å²) >= 11 is 3.08. The zero-order valence-electron chi connectivity index (χ0n) is 7.67. The molecule has 0 amide bonds. The molecule has 1 aromatic carbocycles. The smallest absolute Gasteiger partial charge is 0.173 e. The van der Waals surface area contributed by atoms with E-state index in [1.165, 1.54) is 0 Å². The van der Waals surface area contributed by atoms with Crippen molar-refractivity contribution >= 4 is 27.4 Å². The predicted octanol–water partition coefficient (Wildman–Crippen LogP) is 2.03. The van der Waals surface area contributed by atoms with Crippen molar-refractivity contribution in [2.24, 2.45) is 0 Å². The van der Waals surface area contributed by atoms with Crippen LogP contribution >= 0.6 is 15.9 Å². The van der Waals surface area contributed by atoms with Gasteiger partial charge in [0.05, 0.1) is 17.0 Å². The molecule has 14 heavy (non-hydrogen) atoms. The number of nitriles is 1. The molecule has 1 rings (SSSR count). The Morgan fingerprint density at radius 3 is 2.79 bits per heavy atom. The number of Topliss-reactive ketones (excluding diaryl/α,β-unsaturated/α-hetero) is 1. The van der Waals surface area contributed by atoms with Gasteiger partial charge in [0.15, 0.2) is 5.78 Å². The van der Waals surface area contributed by atoms with Crippen molar-refractivity contribution in [3.05, 3.63) is 28.8 Å². The average molecular weight is 253 g/mol. The average Bonchev–Trinajstić information content (AvgIpc) is 2.20. The summed E-state index contributed by atoms with van der Waals surface area (Å²) < 4.78 is 0. The van der Waals surface area contributed by atoms with Gasteiger partial charge in [-0.2, -0.15) is 5.26 Å². The van der Waals surface area contributed by atoms with E-state index in [-0.39, 0.29) is 11.1 Å². The van der Waals surface area contributed by atoms with Gasteiger partial charge in [-0.05, 0) is 24.6 Å². The fraction of sp³-hybridized carbons (Fsp3) is 0.200. The maximum Gasteiger partial charge on any atom is 0.173 e. The van der Waals surface area contributed by atoms with E-state index in [9.17, 15) is 4.79 Å². The van der Waals surface area contributed by atoms with E-state index in [0.717, 1.165) is 5.56 Å². The molecule has 0 heterocycles. The molecule has 0 aliphatic rings. The van der Waals surface area contributed by atoms with E-state index in [4.69, 9.17) is 11.0 Å². The highest BCUT2D eigenvalue weighted by molar-refractivity contribution is 9.09. The van der Waals surface area contributed by atoms with Crippen molar-refractivity contribution in [2.75, 3.05) is 11.1 Å². The number of alkyl halides is 1. The molecule has 0 bridgehead atoms. The van der Waals surface area contributed by atoms with Crippen LogP contribution in [-0.4, -0.2) is 11.1 Å². The molecule has 2 N–H and O–H groups in total. The molecule has 0 saturated carbocycles. The molecular weight excluding hydrogens is 244 g/mol. The number of nitrogens with two attached hydrogens (primary N) is 1. The molecule has 0 unspecified atom stereocenters. The number of benzene rings is 1. The second-order valence-electron chi connectivity index (χ2n) is 2.91. The summed E-state index contributed by atoms with van der Waals surface area (Å²) in [4.78, 5) is 11.4. The van der Waals surface area contributed by atoms with Gasteiger partial charge in [0.25, 0.3) is 0 Å². The fourth-order valence-electron chi connectivity index (χ4n) is 1.16. The molecule has 0 aliphatic carbocycles. The first-order chi connectivity index (χ1) is 6.60. The number of carbonyl (C=O) groups is 1. The first kappa shape index (κ1) is 10.7. The highest BCUT2D eigenvalue weighted by Gasteiger charge is 2.11. The molecule has 0 aromatic heterocycles. The van der Waals surface area contributed by atoms with Crippen LogP contribution in [0.3, 0.4) is 0 Å². The first-order valence-corrected chi connectivity index (χ1v) is 5.11. The van der Waals surface area contributed by atoms with Gasteiger partial charge in [-0.25, -0.2) is 0 Å². The quantitative estimate of drug-likeness (QED) is 0.498. The zero-order chi connectivity index (χ0) is 10.7. The fourth-order valence-corrected chi connectivity index (χ4v) is 1.46. The minimum Gasteiger partial charge on any atom is -0.398 e. The number of rotatable bonds is 2. The Labute approximate surface area is 90.7 Å². The van der Waals surface area contributed by atoms with Crippen molar-refractivity contribution in [3.63, 3.8) is 0 Å². The van der Waals surface area contributed by atoms with Crippen LogP contribution in [0.25, 0.3) is 0 Å². The van der Waals surface area contributed by atoms with Crippen LogP contribution in [0, 0.1) is 18.3 Å². The van der Waals surface area contributed by atoms with Crippen LogP contribution < -0.4 is 5.73 Å². The molecule has 0 saturated heterocycles. The van der Waals surface area contributed by atoms with Gasteiger partial charge in [-0.15, -0.1) is 0 Å². The van der Waals surface area contributed by atoms with Gasteiger partial charge in [-0.1, -0.05) is 15.9 Å². The monoisotopic (exact) mass is 252 g/mol. The molecule has 0 radical (unpaired) electrons. The number of hydrogen-bond acceptors (Lipinski definition) is 3. The summed E-state index contributed by atoms with van der Waals surface area (Å²) in [5.41, 5.74) is 7.81. The SMILES string of the molecule is Cc1c(N)cc(C#N)cc1C(=O)CBr. The van der Waals surface area contributed by atoms with Gasteiger partial charge in [0.1, 0.15) is 0 Å². The highest BCUT2D eigenvalue weighted by Crippen LogP contribution is 2.19. The molecule has 0 fully saturated rings. The summed E-state index contributed by atoms with van der Waals surface area (Å²) in [5, 5.41) is 8.94. The Morgan fingerprint density at radius 2 is 2.29 bits per heavy atom. The summed E-state index contributed by atoms with van der Waals surface area (Å²) in [6.07, 6.45) is 0. The molecule has 0 aliphatic heterocycles. The third-order valence-electron chi connectivity index (χ3n) is 2.00. The predicted molar refractivity (Wildman–Crippen MR) is 58.4 cm³/mol. The van der Waals surface area contributed by atoms with Crippen LogP contribution in [0.5, 0.6) is 0 Å². The maximum atomic E-state index is 11.4. The van der Waals surface area contributed by atoms with Crippen LogP contribution in [-0.2, 0) is 0 Å². The maximum absolute atomic E-state index is 11.4. The molecule has 4 heteroatoms. The van der Waals surface area contributed by atoms with Crippen molar-refractivity contribution < 1.29 is 4.79 Å².